The molecular formula is C23H24BrN3O2. The average Bonchev–Trinajstić information content (AvgIpc) is 3.09. The van der Waals surface area contributed by atoms with E-state index in [9.17, 15) is 9.59 Å². The van der Waals surface area contributed by atoms with Crippen LogP contribution in [0, 0.1) is 26.7 Å². The Kier molecular flexibility index (Phi) is 5.30. The minimum absolute atomic E-state index is 0.0265. The topological polar surface area (TPSA) is 61.8 Å². The van der Waals surface area contributed by atoms with Crippen LogP contribution < -0.4 is 10.2 Å². The van der Waals surface area contributed by atoms with Crippen molar-refractivity contribution in [3.63, 3.8) is 0 Å². The van der Waals surface area contributed by atoms with Crippen LogP contribution in [-0.2, 0) is 9.59 Å². The highest BCUT2D eigenvalue weighted by Crippen LogP contribution is 2.39. The third kappa shape index (κ3) is 3.86. The summed E-state index contributed by atoms with van der Waals surface area (Å²) in [5, 5.41) is 2.93. The third-order valence-corrected chi connectivity index (χ3v) is 6.39. The first-order valence-corrected chi connectivity index (χ1v) is 10.7. The Morgan fingerprint density at radius 2 is 1.97 bits per heavy atom. The van der Waals surface area contributed by atoms with Crippen LogP contribution in [0.2, 0.25) is 0 Å². The zero-order valence-corrected chi connectivity index (χ0v) is 18.5. The molecule has 2 aromatic rings. The Balaban J connectivity index is 1.66. The van der Waals surface area contributed by atoms with Crippen molar-refractivity contribution >= 4 is 50.5 Å². The number of amides is 2. The van der Waals surface area contributed by atoms with Gasteiger partial charge in [-0.25, -0.2) is 0 Å². The van der Waals surface area contributed by atoms with E-state index in [4.69, 9.17) is 4.99 Å². The summed E-state index contributed by atoms with van der Waals surface area (Å²) in [4.78, 5) is 32.7. The molecule has 0 radical (unpaired) electrons. The molecule has 2 amide bonds. The van der Waals surface area contributed by atoms with E-state index in [1.807, 2.05) is 51.1 Å². The molecule has 1 fully saturated rings. The lowest BCUT2D eigenvalue weighted by Crippen LogP contribution is -2.42. The number of nitrogens with zero attached hydrogens (tertiary/aromatic N) is 2. The molecule has 29 heavy (non-hydrogen) atoms. The Morgan fingerprint density at radius 1 is 1.21 bits per heavy atom. The largest absolute Gasteiger partial charge is 0.324 e. The molecule has 1 aliphatic heterocycles. The zero-order chi connectivity index (χ0) is 20.7. The summed E-state index contributed by atoms with van der Waals surface area (Å²) in [6.07, 6.45) is 2.61. The van der Waals surface area contributed by atoms with Gasteiger partial charge in [-0.3, -0.25) is 14.6 Å². The van der Waals surface area contributed by atoms with Crippen LogP contribution >= 0.6 is 15.9 Å². The molecule has 4 rings (SSSR count). The Morgan fingerprint density at radius 3 is 2.72 bits per heavy atom. The first-order chi connectivity index (χ1) is 13.8. The molecule has 1 aliphatic carbocycles. The highest BCUT2D eigenvalue weighted by molar-refractivity contribution is 9.10. The normalized spacial score (nSPS) is 18.1. The van der Waals surface area contributed by atoms with E-state index in [0.717, 1.165) is 57.5 Å². The van der Waals surface area contributed by atoms with Gasteiger partial charge in [0.25, 0.3) is 0 Å². The van der Waals surface area contributed by atoms with Gasteiger partial charge in [0, 0.05) is 10.2 Å². The van der Waals surface area contributed by atoms with Crippen molar-refractivity contribution in [2.75, 3.05) is 16.8 Å². The fraction of sp³-hybridized carbons (Fsp3) is 0.348. The second kappa shape index (κ2) is 7.75. The first kappa shape index (κ1) is 19.8. The average molecular weight is 454 g/mol. The maximum absolute atomic E-state index is 13.3. The number of hydrogen-bond donors (Lipinski definition) is 1. The van der Waals surface area contributed by atoms with Crippen molar-refractivity contribution < 1.29 is 9.59 Å². The SMILES string of the molecule is Cc1ccc(NC(=O)CN2C(=O)[C@H]3CCCC3=Nc3cc(C)c(C)cc32)c(Br)c1. The number of halogens is 1. The Hall–Kier alpha value is -2.47. The van der Waals surface area contributed by atoms with Crippen LogP contribution in [0.25, 0.3) is 0 Å². The van der Waals surface area contributed by atoms with E-state index in [-0.39, 0.29) is 24.3 Å². The third-order valence-electron chi connectivity index (χ3n) is 5.74. The number of carbonyl (C=O) groups is 2. The summed E-state index contributed by atoms with van der Waals surface area (Å²) in [6.45, 7) is 6.02. The fourth-order valence-corrected chi connectivity index (χ4v) is 4.59. The molecule has 5 nitrogen and oxygen atoms in total. The van der Waals surface area contributed by atoms with Crippen molar-refractivity contribution in [3.8, 4) is 0 Å². The van der Waals surface area contributed by atoms with Gasteiger partial charge in [0.15, 0.2) is 0 Å². The number of hydrogen-bond acceptors (Lipinski definition) is 3. The lowest BCUT2D eigenvalue weighted by atomic mass is 10.0. The monoisotopic (exact) mass is 453 g/mol. The molecule has 2 aromatic carbocycles. The molecule has 150 valence electrons. The summed E-state index contributed by atoms with van der Waals surface area (Å²) in [7, 11) is 0. The zero-order valence-electron chi connectivity index (χ0n) is 16.9. The van der Waals surface area contributed by atoms with Crippen LogP contribution in [0.5, 0.6) is 0 Å². The maximum atomic E-state index is 13.3. The predicted octanol–water partition coefficient (Wildman–Crippen LogP) is 5.23. The maximum Gasteiger partial charge on any atom is 0.244 e. The molecular weight excluding hydrogens is 430 g/mol. The lowest BCUT2D eigenvalue weighted by molar-refractivity contribution is -0.122. The number of fused-ring (bicyclic) bond motifs is 2. The summed E-state index contributed by atoms with van der Waals surface area (Å²) in [5.74, 6) is -0.475. The van der Waals surface area contributed by atoms with Gasteiger partial charge in [0.05, 0.1) is 23.0 Å². The molecule has 2 aliphatic rings. The number of anilines is 2. The van der Waals surface area contributed by atoms with Crippen molar-refractivity contribution in [2.45, 2.75) is 40.0 Å². The molecule has 0 spiro atoms. The van der Waals surface area contributed by atoms with Gasteiger partial charge in [-0.2, -0.15) is 0 Å². The van der Waals surface area contributed by atoms with Crippen LogP contribution in [0.15, 0.2) is 39.8 Å². The fourth-order valence-electron chi connectivity index (χ4n) is 4.00. The van der Waals surface area contributed by atoms with Crippen LogP contribution in [0.4, 0.5) is 17.1 Å². The molecule has 6 heteroatoms. The molecule has 0 bridgehead atoms. The Labute approximate surface area is 179 Å². The van der Waals surface area contributed by atoms with Crippen LogP contribution in [0.1, 0.15) is 36.0 Å². The van der Waals surface area contributed by atoms with Gasteiger partial charge >= 0.3 is 0 Å². The highest BCUT2D eigenvalue weighted by atomic mass is 79.9. The smallest absolute Gasteiger partial charge is 0.244 e. The standard InChI is InChI=1S/C23H24BrN3O2/c1-13-7-8-19(17(24)9-13)26-22(28)12-27-21-11-15(3)14(2)10-20(21)25-18-6-4-5-16(18)23(27)29/h7-11,16H,4-6,12H2,1-3H3,(H,26,28)/t16-/m0/s1. The Bertz CT molecular complexity index is 1040. The van der Waals surface area contributed by atoms with Gasteiger partial charge < -0.3 is 10.2 Å². The molecule has 1 saturated carbocycles. The number of benzene rings is 2. The van der Waals surface area contributed by atoms with Crippen molar-refractivity contribution in [3.05, 3.63) is 51.5 Å². The van der Waals surface area contributed by atoms with E-state index in [2.05, 4.69) is 21.2 Å². The number of aliphatic imine (C=N–C) groups is 1. The van der Waals surface area contributed by atoms with Crippen molar-refractivity contribution in [1.82, 2.24) is 0 Å². The van der Waals surface area contributed by atoms with Crippen LogP contribution in [-0.4, -0.2) is 24.1 Å². The highest BCUT2D eigenvalue weighted by Gasteiger charge is 2.37. The minimum atomic E-state index is -0.228. The van der Waals surface area contributed by atoms with E-state index in [0.29, 0.717) is 5.69 Å². The summed E-state index contributed by atoms with van der Waals surface area (Å²) in [5.41, 5.74) is 6.46. The second-order valence-electron chi connectivity index (χ2n) is 7.93. The minimum Gasteiger partial charge on any atom is -0.324 e. The molecule has 1 atom stereocenters. The van der Waals surface area contributed by atoms with E-state index in [1.165, 1.54) is 0 Å². The van der Waals surface area contributed by atoms with E-state index in [1.54, 1.807) is 4.90 Å². The molecule has 0 unspecified atom stereocenters. The summed E-state index contributed by atoms with van der Waals surface area (Å²) < 4.78 is 0.821. The quantitative estimate of drug-likeness (QED) is 0.690. The molecule has 0 aromatic heterocycles. The van der Waals surface area contributed by atoms with Gasteiger partial charge in [0.1, 0.15) is 6.54 Å². The number of carbonyl (C=O) groups excluding carboxylic acids is 2. The van der Waals surface area contributed by atoms with E-state index >= 15 is 0 Å². The number of rotatable bonds is 3. The summed E-state index contributed by atoms with van der Waals surface area (Å²) >= 11 is 3.49. The van der Waals surface area contributed by atoms with Gasteiger partial charge in [-0.15, -0.1) is 0 Å². The van der Waals surface area contributed by atoms with Crippen LogP contribution in [0.3, 0.4) is 0 Å². The van der Waals surface area contributed by atoms with Crippen molar-refractivity contribution in [1.29, 1.82) is 0 Å². The van der Waals surface area contributed by atoms with Gasteiger partial charge in [-0.05, 0) is 96.9 Å². The number of aryl methyl sites for hydroxylation is 3. The molecule has 1 heterocycles. The van der Waals surface area contributed by atoms with E-state index < -0.39 is 0 Å². The summed E-state index contributed by atoms with van der Waals surface area (Å²) in [6, 6.07) is 9.75. The second-order valence-corrected chi connectivity index (χ2v) is 8.78. The van der Waals surface area contributed by atoms with Crippen molar-refractivity contribution in [2.24, 2.45) is 10.9 Å². The van der Waals surface area contributed by atoms with Gasteiger partial charge in [0.2, 0.25) is 11.8 Å². The first-order valence-electron chi connectivity index (χ1n) is 9.89. The van der Waals surface area contributed by atoms with Gasteiger partial charge in [-0.1, -0.05) is 6.07 Å². The molecule has 1 N–H and O–H groups in total. The lowest BCUT2D eigenvalue weighted by Gasteiger charge is -2.25. The molecule has 0 saturated heterocycles. The predicted molar refractivity (Wildman–Crippen MR) is 120 cm³/mol. The number of nitrogens with one attached hydrogen (secondary N) is 1.